The van der Waals surface area contributed by atoms with Crippen molar-refractivity contribution in [3.63, 3.8) is 0 Å². The van der Waals surface area contributed by atoms with Crippen LogP contribution >= 0.6 is 11.8 Å². The largest absolute Gasteiger partial charge is 0.493 e. The third-order valence-corrected chi connectivity index (χ3v) is 4.40. The Morgan fingerprint density at radius 3 is 3.06 bits per heavy atom. The molecule has 2 unspecified atom stereocenters. The second-order valence-corrected chi connectivity index (χ2v) is 5.26. The molecule has 1 aliphatic rings. The van der Waals surface area contributed by atoms with Gasteiger partial charge in [0.25, 0.3) is 0 Å². The highest BCUT2D eigenvalue weighted by Gasteiger charge is 2.30. The van der Waals surface area contributed by atoms with Gasteiger partial charge in [-0.2, -0.15) is 16.9 Å². The van der Waals surface area contributed by atoms with Gasteiger partial charge in [0.05, 0.1) is 25.0 Å². The molecule has 90 valence electrons. The van der Waals surface area contributed by atoms with Crippen molar-refractivity contribution >= 4 is 11.8 Å². The van der Waals surface area contributed by atoms with Gasteiger partial charge in [0.2, 0.25) is 0 Å². The van der Waals surface area contributed by atoms with Crippen LogP contribution in [0.15, 0.2) is 6.20 Å². The summed E-state index contributed by atoms with van der Waals surface area (Å²) < 4.78 is 7.30. The van der Waals surface area contributed by atoms with Crippen LogP contribution in [-0.2, 0) is 7.05 Å². The molecule has 0 aromatic carbocycles. The Hall–Kier alpha value is -0.680. The summed E-state index contributed by atoms with van der Waals surface area (Å²) in [5.41, 5.74) is 1.16. The normalized spacial score (nSPS) is 22.3. The van der Waals surface area contributed by atoms with Gasteiger partial charge in [-0.3, -0.25) is 4.68 Å². The van der Waals surface area contributed by atoms with Gasteiger partial charge in [-0.25, -0.2) is 0 Å². The summed E-state index contributed by atoms with van der Waals surface area (Å²) >= 11 is 2.03. The maximum absolute atomic E-state index is 5.38. The van der Waals surface area contributed by atoms with Crippen LogP contribution in [0.1, 0.15) is 18.2 Å². The molecule has 1 aliphatic heterocycles. The van der Waals surface area contributed by atoms with Gasteiger partial charge in [-0.05, 0) is 30.9 Å². The molecule has 0 radical (unpaired) electrons. The Labute approximate surface area is 101 Å². The van der Waals surface area contributed by atoms with Crippen LogP contribution in [-0.4, -0.2) is 35.4 Å². The summed E-state index contributed by atoms with van der Waals surface area (Å²) in [5, 5.41) is 7.68. The number of thioether (sulfide) groups is 1. The number of aryl methyl sites for hydroxylation is 1. The Bertz CT molecular complexity index is 347. The molecule has 5 heteroatoms. The minimum absolute atomic E-state index is 0.345. The van der Waals surface area contributed by atoms with Gasteiger partial charge >= 0.3 is 0 Å². The number of aromatic nitrogens is 2. The fraction of sp³-hybridized carbons (Fsp3) is 0.727. The molecular formula is C11H19N3OS. The van der Waals surface area contributed by atoms with Gasteiger partial charge in [-0.15, -0.1) is 0 Å². The van der Waals surface area contributed by atoms with Crippen molar-refractivity contribution in [1.82, 2.24) is 15.1 Å². The average Bonchev–Trinajstić information content (AvgIpc) is 2.91. The van der Waals surface area contributed by atoms with E-state index in [1.54, 1.807) is 13.3 Å². The zero-order chi connectivity index (χ0) is 11.5. The molecule has 0 bridgehead atoms. The third-order valence-electron chi connectivity index (χ3n) is 3.21. The van der Waals surface area contributed by atoms with Gasteiger partial charge in [-0.1, -0.05) is 0 Å². The Morgan fingerprint density at radius 1 is 1.69 bits per heavy atom. The fourth-order valence-electron chi connectivity index (χ4n) is 2.35. The van der Waals surface area contributed by atoms with Crippen molar-refractivity contribution < 1.29 is 4.74 Å². The molecule has 2 rings (SSSR count). The molecule has 0 amide bonds. The van der Waals surface area contributed by atoms with Crippen molar-refractivity contribution in [2.24, 2.45) is 13.0 Å². The minimum atomic E-state index is 0.345. The van der Waals surface area contributed by atoms with Crippen molar-refractivity contribution in [3.05, 3.63) is 11.9 Å². The van der Waals surface area contributed by atoms with Crippen LogP contribution < -0.4 is 10.1 Å². The third kappa shape index (κ3) is 2.06. The first-order valence-electron chi connectivity index (χ1n) is 5.58. The van der Waals surface area contributed by atoms with E-state index in [0.29, 0.717) is 12.0 Å². The van der Waals surface area contributed by atoms with Crippen molar-refractivity contribution in [1.29, 1.82) is 0 Å². The van der Waals surface area contributed by atoms with Crippen molar-refractivity contribution in [3.8, 4) is 5.75 Å². The Morgan fingerprint density at radius 2 is 2.50 bits per heavy atom. The van der Waals surface area contributed by atoms with Crippen LogP contribution in [0.2, 0.25) is 0 Å². The molecule has 0 aliphatic carbocycles. The molecule has 16 heavy (non-hydrogen) atoms. The maximum atomic E-state index is 5.38. The smallest absolute Gasteiger partial charge is 0.161 e. The number of nitrogens with one attached hydrogen (secondary N) is 1. The van der Waals surface area contributed by atoms with E-state index >= 15 is 0 Å². The Balaban J connectivity index is 2.27. The number of methoxy groups -OCH3 is 1. The summed E-state index contributed by atoms with van der Waals surface area (Å²) in [4.78, 5) is 0. The first-order chi connectivity index (χ1) is 7.77. The topological polar surface area (TPSA) is 39.1 Å². The average molecular weight is 241 g/mol. The first kappa shape index (κ1) is 11.8. The van der Waals surface area contributed by atoms with Crippen molar-refractivity contribution in [2.75, 3.05) is 25.7 Å². The lowest BCUT2D eigenvalue weighted by Crippen LogP contribution is -2.27. The number of ether oxygens (including phenoxy) is 1. The maximum Gasteiger partial charge on any atom is 0.161 e. The highest BCUT2D eigenvalue weighted by Crippen LogP contribution is 2.37. The van der Waals surface area contributed by atoms with Gasteiger partial charge in [0, 0.05) is 7.05 Å². The summed E-state index contributed by atoms with van der Waals surface area (Å²) in [7, 11) is 5.70. The summed E-state index contributed by atoms with van der Waals surface area (Å²) in [6.07, 6.45) is 3.06. The molecule has 1 aromatic heterocycles. The van der Waals surface area contributed by atoms with Crippen molar-refractivity contribution in [2.45, 2.75) is 12.5 Å². The molecule has 0 spiro atoms. The van der Waals surface area contributed by atoms with E-state index < -0.39 is 0 Å². The lowest BCUT2D eigenvalue weighted by Gasteiger charge is -2.23. The lowest BCUT2D eigenvalue weighted by atomic mass is 9.96. The molecule has 2 heterocycles. The summed E-state index contributed by atoms with van der Waals surface area (Å²) in [6, 6.07) is 0.345. The lowest BCUT2D eigenvalue weighted by molar-refractivity contribution is 0.361. The van der Waals surface area contributed by atoms with Crippen LogP contribution in [0.25, 0.3) is 0 Å². The molecule has 4 nitrogen and oxygen atoms in total. The van der Waals surface area contributed by atoms with E-state index in [1.807, 2.05) is 30.5 Å². The number of hydrogen-bond acceptors (Lipinski definition) is 4. The molecule has 1 saturated heterocycles. The van der Waals surface area contributed by atoms with E-state index in [-0.39, 0.29) is 0 Å². The van der Waals surface area contributed by atoms with Gasteiger partial charge in [0.15, 0.2) is 5.75 Å². The second kappa shape index (κ2) is 5.10. The molecule has 2 atom stereocenters. The summed E-state index contributed by atoms with van der Waals surface area (Å²) in [6.45, 7) is 0. The van der Waals surface area contributed by atoms with Crippen LogP contribution in [0.4, 0.5) is 0 Å². The number of hydrogen-bond donors (Lipinski definition) is 1. The molecule has 1 fully saturated rings. The molecule has 0 saturated carbocycles. The van der Waals surface area contributed by atoms with E-state index in [0.717, 1.165) is 11.4 Å². The minimum Gasteiger partial charge on any atom is -0.493 e. The van der Waals surface area contributed by atoms with Gasteiger partial charge in [0.1, 0.15) is 0 Å². The SMILES string of the molecule is CNC(c1c(OC)cnn1C)C1CCSC1. The monoisotopic (exact) mass is 241 g/mol. The predicted molar refractivity (Wildman–Crippen MR) is 67.0 cm³/mol. The molecule has 1 N–H and O–H groups in total. The van der Waals surface area contributed by atoms with E-state index in [2.05, 4.69) is 10.4 Å². The van der Waals surface area contributed by atoms with E-state index in [1.165, 1.54) is 17.9 Å². The van der Waals surface area contributed by atoms with Crippen LogP contribution in [0.5, 0.6) is 5.75 Å². The number of nitrogens with zero attached hydrogens (tertiary/aromatic N) is 2. The Kier molecular flexibility index (Phi) is 3.76. The van der Waals surface area contributed by atoms with E-state index in [4.69, 9.17) is 4.74 Å². The number of rotatable bonds is 4. The second-order valence-electron chi connectivity index (χ2n) is 4.11. The first-order valence-corrected chi connectivity index (χ1v) is 6.74. The molecule has 1 aromatic rings. The van der Waals surface area contributed by atoms with Crippen LogP contribution in [0.3, 0.4) is 0 Å². The highest BCUT2D eigenvalue weighted by atomic mass is 32.2. The van der Waals surface area contributed by atoms with Gasteiger partial charge < -0.3 is 10.1 Å². The van der Waals surface area contributed by atoms with E-state index in [9.17, 15) is 0 Å². The summed E-state index contributed by atoms with van der Waals surface area (Å²) in [5.74, 6) is 4.06. The fourth-order valence-corrected chi connectivity index (χ4v) is 3.65. The zero-order valence-electron chi connectivity index (χ0n) is 10.1. The zero-order valence-corrected chi connectivity index (χ0v) is 10.9. The predicted octanol–water partition coefficient (Wildman–Crippen LogP) is 1.44. The highest BCUT2D eigenvalue weighted by molar-refractivity contribution is 7.99. The quantitative estimate of drug-likeness (QED) is 0.866. The molecular weight excluding hydrogens is 222 g/mol. The standard InChI is InChI=1S/C11H19N3OS/c1-12-10(8-4-5-16-7-8)11-9(15-3)6-13-14(11)2/h6,8,10,12H,4-5,7H2,1-3H3. The van der Waals surface area contributed by atoms with Crippen LogP contribution in [0, 0.1) is 5.92 Å².